The number of nitrogens with zero attached hydrogens (tertiary/aromatic N) is 2. The van der Waals surface area contributed by atoms with Crippen molar-refractivity contribution in [2.75, 3.05) is 13.2 Å². The second-order valence-electron chi connectivity index (χ2n) is 9.15. The Kier molecular flexibility index (Phi) is 8.46. The number of aryl methyl sites for hydroxylation is 1. The first-order chi connectivity index (χ1) is 18.6. The predicted molar refractivity (Wildman–Crippen MR) is 148 cm³/mol. The number of hydrogen-bond acceptors (Lipinski definition) is 8. The van der Waals surface area contributed by atoms with Crippen molar-refractivity contribution in [1.82, 2.24) is 4.90 Å². The number of non-ortho nitro benzene ring substituents is 1. The smallest absolute Gasteiger partial charge is 0.343 e. The summed E-state index contributed by atoms with van der Waals surface area (Å²) in [7, 11) is 0. The highest BCUT2D eigenvalue weighted by atomic mass is 32.2. The van der Waals surface area contributed by atoms with Gasteiger partial charge in [-0.05, 0) is 71.6 Å². The van der Waals surface area contributed by atoms with Gasteiger partial charge in [0.15, 0.2) is 0 Å². The molecule has 200 valence electrons. The summed E-state index contributed by atoms with van der Waals surface area (Å²) in [5.74, 6) is 0.00398. The number of esters is 1. The van der Waals surface area contributed by atoms with Gasteiger partial charge in [-0.2, -0.15) is 0 Å². The molecule has 0 radical (unpaired) electrons. The third-order valence-electron chi connectivity index (χ3n) is 5.90. The second kappa shape index (κ2) is 12.0. The molecule has 1 fully saturated rings. The Hall–Kier alpha value is -4.44. The van der Waals surface area contributed by atoms with E-state index in [1.54, 1.807) is 24.3 Å². The molecule has 0 bridgehead atoms. The van der Waals surface area contributed by atoms with E-state index in [0.29, 0.717) is 5.56 Å². The van der Waals surface area contributed by atoms with Gasteiger partial charge >= 0.3 is 5.97 Å². The molecule has 9 nitrogen and oxygen atoms in total. The molecule has 3 aromatic rings. The van der Waals surface area contributed by atoms with E-state index in [1.165, 1.54) is 24.3 Å². The molecule has 0 aliphatic carbocycles. The summed E-state index contributed by atoms with van der Waals surface area (Å²) in [5, 5.41) is 10.6. The van der Waals surface area contributed by atoms with Crippen LogP contribution in [0.15, 0.2) is 71.6 Å². The SMILES string of the molecule is Cc1ccc(C(C)C)c(OCCN2C(=O)S/C(=C\c3cccc(OC(=O)c4cccc([N+](=O)[O-])c4)c3)C2=O)c1. The number of thioether (sulfide) groups is 1. The Labute approximate surface area is 229 Å². The summed E-state index contributed by atoms with van der Waals surface area (Å²) in [6.45, 7) is 6.39. The normalized spacial score (nSPS) is 14.3. The molecule has 0 saturated carbocycles. The number of amides is 2. The molecule has 10 heteroatoms. The van der Waals surface area contributed by atoms with Gasteiger partial charge in [-0.3, -0.25) is 24.6 Å². The number of imide groups is 1. The Morgan fingerprint density at radius 1 is 1.08 bits per heavy atom. The van der Waals surface area contributed by atoms with Crippen LogP contribution in [0.1, 0.15) is 46.8 Å². The van der Waals surface area contributed by atoms with Crippen LogP contribution in [0.4, 0.5) is 10.5 Å². The molecule has 1 saturated heterocycles. The maximum absolute atomic E-state index is 12.9. The molecular formula is C29H26N2O7S. The fourth-order valence-corrected chi connectivity index (χ4v) is 4.78. The number of nitro groups is 1. The minimum atomic E-state index is -0.759. The van der Waals surface area contributed by atoms with E-state index in [2.05, 4.69) is 13.8 Å². The molecule has 0 aromatic heterocycles. The quantitative estimate of drug-likeness (QED) is 0.100. The van der Waals surface area contributed by atoms with Gasteiger partial charge in [-0.15, -0.1) is 0 Å². The average Bonchev–Trinajstić information content (AvgIpc) is 3.16. The Bertz CT molecular complexity index is 1480. The number of hydrogen-bond donors (Lipinski definition) is 0. The fraction of sp³-hybridized carbons (Fsp3) is 0.207. The van der Waals surface area contributed by atoms with Crippen LogP contribution in [-0.2, 0) is 4.79 Å². The van der Waals surface area contributed by atoms with Gasteiger partial charge in [0.05, 0.1) is 21.9 Å². The molecule has 3 aromatic carbocycles. The van der Waals surface area contributed by atoms with Crippen molar-refractivity contribution in [3.63, 3.8) is 0 Å². The van der Waals surface area contributed by atoms with Gasteiger partial charge in [0.1, 0.15) is 18.1 Å². The molecule has 1 heterocycles. The number of nitro benzene ring substituents is 1. The molecule has 0 spiro atoms. The lowest BCUT2D eigenvalue weighted by atomic mass is 10.0. The third-order valence-corrected chi connectivity index (χ3v) is 6.80. The van der Waals surface area contributed by atoms with Gasteiger partial charge in [-0.25, -0.2) is 4.79 Å². The first kappa shape index (κ1) is 27.6. The molecule has 1 aliphatic rings. The summed E-state index contributed by atoms with van der Waals surface area (Å²) in [6.07, 6.45) is 1.55. The molecule has 2 amide bonds. The summed E-state index contributed by atoms with van der Waals surface area (Å²) in [5.41, 5.74) is 2.47. The Morgan fingerprint density at radius 2 is 1.85 bits per heavy atom. The molecule has 0 atom stereocenters. The first-order valence-corrected chi connectivity index (χ1v) is 13.0. The van der Waals surface area contributed by atoms with E-state index in [1.807, 2.05) is 25.1 Å². The number of ether oxygens (including phenoxy) is 2. The summed E-state index contributed by atoms with van der Waals surface area (Å²) in [6, 6.07) is 17.6. The van der Waals surface area contributed by atoms with Crippen LogP contribution in [0, 0.1) is 17.0 Å². The maximum Gasteiger partial charge on any atom is 0.343 e. The van der Waals surface area contributed by atoms with Gasteiger partial charge in [0.25, 0.3) is 16.8 Å². The van der Waals surface area contributed by atoms with E-state index in [-0.39, 0.29) is 41.0 Å². The molecule has 0 unspecified atom stereocenters. The summed E-state index contributed by atoms with van der Waals surface area (Å²) >= 11 is 0.826. The minimum Gasteiger partial charge on any atom is -0.491 e. The van der Waals surface area contributed by atoms with E-state index in [0.717, 1.165) is 39.6 Å². The Balaban J connectivity index is 1.41. The number of benzene rings is 3. The van der Waals surface area contributed by atoms with Crippen molar-refractivity contribution >= 4 is 40.6 Å². The fourth-order valence-electron chi connectivity index (χ4n) is 3.91. The van der Waals surface area contributed by atoms with E-state index in [9.17, 15) is 24.5 Å². The van der Waals surface area contributed by atoms with Crippen LogP contribution in [-0.4, -0.2) is 40.1 Å². The standard InChI is InChI=1S/C29H26N2O7S/c1-18(2)24-11-10-19(3)14-25(24)37-13-12-30-27(32)26(39-29(30)34)16-20-6-4-9-23(15-20)38-28(33)21-7-5-8-22(17-21)31(35)36/h4-11,14-18H,12-13H2,1-3H3/b26-16-. The zero-order valence-corrected chi connectivity index (χ0v) is 22.4. The topological polar surface area (TPSA) is 116 Å². The maximum atomic E-state index is 12.9. The number of rotatable bonds is 9. The summed E-state index contributed by atoms with van der Waals surface area (Å²) < 4.78 is 11.3. The lowest BCUT2D eigenvalue weighted by Gasteiger charge is -2.17. The van der Waals surface area contributed by atoms with Crippen LogP contribution < -0.4 is 9.47 Å². The van der Waals surface area contributed by atoms with Gasteiger partial charge in [0.2, 0.25) is 0 Å². The van der Waals surface area contributed by atoms with Crippen LogP contribution >= 0.6 is 11.8 Å². The predicted octanol–water partition coefficient (Wildman–Crippen LogP) is 6.36. The highest BCUT2D eigenvalue weighted by Gasteiger charge is 2.34. The van der Waals surface area contributed by atoms with Gasteiger partial charge < -0.3 is 9.47 Å². The van der Waals surface area contributed by atoms with Crippen LogP contribution in [0.2, 0.25) is 0 Å². The van der Waals surface area contributed by atoms with Crippen molar-refractivity contribution in [2.45, 2.75) is 26.7 Å². The van der Waals surface area contributed by atoms with E-state index in [4.69, 9.17) is 9.47 Å². The first-order valence-electron chi connectivity index (χ1n) is 12.2. The molecule has 4 rings (SSSR count). The van der Waals surface area contributed by atoms with Crippen LogP contribution in [0.25, 0.3) is 6.08 Å². The molecule has 39 heavy (non-hydrogen) atoms. The average molecular weight is 547 g/mol. The Morgan fingerprint density at radius 3 is 2.59 bits per heavy atom. The van der Waals surface area contributed by atoms with Crippen molar-refractivity contribution in [3.05, 3.63) is 104 Å². The highest BCUT2D eigenvalue weighted by Crippen LogP contribution is 2.33. The van der Waals surface area contributed by atoms with Crippen LogP contribution in [0.5, 0.6) is 11.5 Å². The second-order valence-corrected chi connectivity index (χ2v) is 10.1. The summed E-state index contributed by atoms with van der Waals surface area (Å²) in [4.78, 5) is 49.7. The van der Waals surface area contributed by atoms with Gasteiger partial charge in [0, 0.05) is 12.1 Å². The largest absolute Gasteiger partial charge is 0.491 e. The highest BCUT2D eigenvalue weighted by molar-refractivity contribution is 8.18. The molecule has 1 aliphatic heterocycles. The van der Waals surface area contributed by atoms with E-state index < -0.39 is 22.0 Å². The lowest BCUT2D eigenvalue weighted by Crippen LogP contribution is -2.32. The van der Waals surface area contributed by atoms with Crippen molar-refractivity contribution < 1.29 is 28.8 Å². The van der Waals surface area contributed by atoms with Crippen LogP contribution in [0.3, 0.4) is 0 Å². The van der Waals surface area contributed by atoms with E-state index >= 15 is 0 Å². The molecular weight excluding hydrogens is 520 g/mol. The third kappa shape index (κ3) is 6.71. The van der Waals surface area contributed by atoms with Crippen molar-refractivity contribution in [2.24, 2.45) is 0 Å². The van der Waals surface area contributed by atoms with Crippen molar-refractivity contribution in [1.29, 1.82) is 0 Å². The molecule has 0 N–H and O–H groups in total. The number of carbonyl (C=O) groups is 3. The van der Waals surface area contributed by atoms with Gasteiger partial charge in [-0.1, -0.05) is 44.2 Å². The monoisotopic (exact) mass is 546 g/mol. The minimum absolute atomic E-state index is 0.0316. The van der Waals surface area contributed by atoms with Crippen molar-refractivity contribution in [3.8, 4) is 11.5 Å². The number of carbonyl (C=O) groups excluding carboxylic acids is 3. The lowest BCUT2D eigenvalue weighted by molar-refractivity contribution is -0.384. The zero-order chi connectivity index (χ0) is 28.1. The zero-order valence-electron chi connectivity index (χ0n) is 21.6.